The highest BCUT2D eigenvalue weighted by Gasteiger charge is 2.34. The quantitative estimate of drug-likeness (QED) is 0.542. The molecule has 1 heterocycles. The van der Waals surface area contributed by atoms with Crippen LogP contribution in [-0.4, -0.2) is 23.8 Å². The fourth-order valence-electron chi connectivity index (χ4n) is 3.52. The molecule has 3 aromatic carbocycles. The van der Waals surface area contributed by atoms with Gasteiger partial charge in [-0.05, 0) is 48.9 Å². The van der Waals surface area contributed by atoms with E-state index in [0.717, 1.165) is 5.56 Å². The predicted octanol–water partition coefficient (Wildman–Crippen LogP) is 3.79. The molecule has 1 unspecified atom stereocenters. The van der Waals surface area contributed by atoms with Crippen molar-refractivity contribution in [1.82, 2.24) is 5.43 Å². The first kappa shape index (κ1) is 21.9. The van der Waals surface area contributed by atoms with E-state index in [2.05, 4.69) is 11.5 Å². The number of anilines is 1. The van der Waals surface area contributed by atoms with Crippen LogP contribution in [0.1, 0.15) is 23.6 Å². The minimum atomic E-state index is -1.13. The minimum absolute atomic E-state index is 0.220. The van der Waals surface area contributed by atoms with Crippen LogP contribution >= 0.6 is 0 Å². The normalized spacial score (nSPS) is 16.4. The summed E-state index contributed by atoms with van der Waals surface area (Å²) in [7, 11) is 0. The van der Waals surface area contributed by atoms with Crippen molar-refractivity contribution >= 4 is 17.7 Å². The van der Waals surface area contributed by atoms with Gasteiger partial charge in [-0.2, -0.15) is 5.26 Å². The fourth-order valence-corrected chi connectivity index (χ4v) is 3.52. The lowest BCUT2D eigenvalue weighted by molar-refractivity contribution is -0.116. The van der Waals surface area contributed by atoms with Gasteiger partial charge in [-0.15, -0.1) is 0 Å². The summed E-state index contributed by atoms with van der Waals surface area (Å²) in [5, 5.41) is 21.4. The predicted molar refractivity (Wildman–Crippen MR) is 124 cm³/mol. The average Bonchev–Trinajstić information content (AvgIpc) is 3.13. The van der Waals surface area contributed by atoms with Crippen molar-refractivity contribution in [1.29, 1.82) is 5.26 Å². The number of aliphatic hydroxyl groups excluding tert-OH is 1. The second-order valence-electron chi connectivity index (χ2n) is 7.32. The van der Waals surface area contributed by atoms with Gasteiger partial charge in [0.15, 0.2) is 17.7 Å². The number of rotatable bonds is 7. The third kappa shape index (κ3) is 4.81. The number of para-hydroxylation sites is 1. The first-order chi connectivity index (χ1) is 16.1. The topological polar surface area (TPSA) is 94.8 Å². The third-order valence-corrected chi connectivity index (χ3v) is 5.15. The molecule has 4 rings (SSSR count). The number of carbonyl (C=O) groups is 1. The van der Waals surface area contributed by atoms with E-state index in [1.165, 1.54) is 5.01 Å². The van der Waals surface area contributed by atoms with Crippen LogP contribution < -0.4 is 19.9 Å². The van der Waals surface area contributed by atoms with E-state index >= 15 is 0 Å². The maximum Gasteiger partial charge on any atom is 0.270 e. The van der Waals surface area contributed by atoms with Crippen molar-refractivity contribution in [3.05, 3.63) is 95.1 Å². The minimum Gasteiger partial charge on any atom is -0.490 e. The van der Waals surface area contributed by atoms with Crippen molar-refractivity contribution in [3.63, 3.8) is 0 Å². The lowest BCUT2D eigenvalue weighted by Crippen LogP contribution is -2.38. The monoisotopic (exact) mass is 441 g/mol. The molecule has 2 N–H and O–H groups in total. The molecule has 33 heavy (non-hydrogen) atoms. The number of ether oxygens (including phenoxy) is 2. The number of nitriles is 1. The summed E-state index contributed by atoms with van der Waals surface area (Å²) in [5.41, 5.74) is 5.60. The van der Waals surface area contributed by atoms with Crippen LogP contribution in [0.4, 0.5) is 5.69 Å². The van der Waals surface area contributed by atoms with E-state index in [-0.39, 0.29) is 18.1 Å². The zero-order valence-electron chi connectivity index (χ0n) is 18.1. The molecule has 0 saturated carbocycles. The average molecular weight is 441 g/mol. The SMILES string of the molecule is CCOc1cc(/C=C2\C(=O)NN(c3ccccc3)C2O)ccc1OCc1ccccc1C#N. The van der Waals surface area contributed by atoms with Crippen LogP contribution in [0.2, 0.25) is 0 Å². The summed E-state index contributed by atoms with van der Waals surface area (Å²) in [4.78, 5) is 12.5. The van der Waals surface area contributed by atoms with Crippen molar-refractivity contribution in [2.75, 3.05) is 11.6 Å². The van der Waals surface area contributed by atoms with E-state index < -0.39 is 6.23 Å². The van der Waals surface area contributed by atoms with Gasteiger partial charge in [-0.3, -0.25) is 15.2 Å². The van der Waals surface area contributed by atoms with Gasteiger partial charge in [0.2, 0.25) is 0 Å². The summed E-state index contributed by atoms with van der Waals surface area (Å²) < 4.78 is 11.7. The molecule has 0 aromatic heterocycles. The Morgan fingerprint density at radius 2 is 1.82 bits per heavy atom. The van der Waals surface area contributed by atoms with Crippen molar-refractivity contribution < 1.29 is 19.4 Å². The van der Waals surface area contributed by atoms with Crippen molar-refractivity contribution in [3.8, 4) is 17.6 Å². The highest BCUT2D eigenvalue weighted by atomic mass is 16.5. The molecule has 166 valence electrons. The molecule has 7 nitrogen and oxygen atoms in total. The zero-order chi connectivity index (χ0) is 23.2. The molecular weight excluding hydrogens is 418 g/mol. The lowest BCUT2D eigenvalue weighted by Gasteiger charge is -2.21. The van der Waals surface area contributed by atoms with E-state index in [4.69, 9.17) is 9.47 Å². The highest BCUT2D eigenvalue weighted by Crippen LogP contribution is 2.31. The Labute approximate surface area is 192 Å². The summed E-state index contributed by atoms with van der Waals surface area (Å²) in [5.74, 6) is 0.654. The zero-order valence-corrected chi connectivity index (χ0v) is 18.1. The Morgan fingerprint density at radius 3 is 2.58 bits per heavy atom. The van der Waals surface area contributed by atoms with Crippen molar-refractivity contribution in [2.45, 2.75) is 19.8 Å². The molecule has 7 heteroatoms. The number of hydrogen-bond acceptors (Lipinski definition) is 6. The van der Waals surface area contributed by atoms with Crippen LogP contribution in [0, 0.1) is 11.3 Å². The Bertz CT molecular complexity index is 1220. The first-order valence-corrected chi connectivity index (χ1v) is 10.5. The van der Waals surface area contributed by atoms with Crippen LogP contribution in [-0.2, 0) is 11.4 Å². The Balaban J connectivity index is 1.56. The molecule has 0 spiro atoms. The van der Waals surface area contributed by atoms with Gasteiger partial charge >= 0.3 is 0 Å². The molecule has 1 atom stereocenters. The van der Waals surface area contributed by atoms with Crippen LogP contribution in [0.3, 0.4) is 0 Å². The molecular formula is C26H23N3O4. The van der Waals surface area contributed by atoms with E-state index in [1.54, 1.807) is 42.5 Å². The summed E-state index contributed by atoms with van der Waals surface area (Å²) in [6.45, 7) is 2.51. The lowest BCUT2D eigenvalue weighted by atomic mass is 10.1. The van der Waals surface area contributed by atoms with Crippen LogP contribution in [0.15, 0.2) is 78.4 Å². The van der Waals surface area contributed by atoms with Gasteiger partial charge in [0, 0.05) is 5.56 Å². The van der Waals surface area contributed by atoms with E-state index in [1.807, 2.05) is 43.3 Å². The maximum atomic E-state index is 12.5. The molecule has 1 saturated heterocycles. The Morgan fingerprint density at radius 1 is 1.06 bits per heavy atom. The number of nitrogens with zero attached hydrogens (tertiary/aromatic N) is 2. The van der Waals surface area contributed by atoms with Crippen molar-refractivity contribution in [2.24, 2.45) is 0 Å². The first-order valence-electron chi connectivity index (χ1n) is 10.5. The van der Waals surface area contributed by atoms with E-state index in [9.17, 15) is 15.2 Å². The van der Waals surface area contributed by atoms with Gasteiger partial charge < -0.3 is 14.6 Å². The maximum absolute atomic E-state index is 12.5. The van der Waals surface area contributed by atoms with Gasteiger partial charge in [-0.1, -0.05) is 42.5 Å². The molecule has 0 bridgehead atoms. The summed E-state index contributed by atoms with van der Waals surface area (Å²) >= 11 is 0. The Kier molecular flexibility index (Phi) is 6.58. The number of amides is 1. The molecule has 0 radical (unpaired) electrons. The van der Waals surface area contributed by atoms with Gasteiger partial charge in [-0.25, -0.2) is 0 Å². The molecule has 1 aliphatic rings. The summed E-state index contributed by atoms with van der Waals surface area (Å²) in [6, 6.07) is 23.8. The van der Waals surface area contributed by atoms with Gasteiger partial charge in [0.1, 0.15) is 6.61 Å². The number of hydrazine groups is 1. The van der Waals surface area contributed by atoms with E-state index in [0.29, 0.717) is 34.9 Å². The third-order valence-electron chi connectivity index (χ3n) is 5.15. The largest absolute Gasteiger partial charge is 0.490 e. The molecule has 1 fully saturated rings. The molecule has 0 aliphatic carbocycles. The molecule has 1 aliphatic heterocycles. The Hall–Kier alpha value is -4.28. The number of nitrogens with one attached hydrogen (secondary N) is 1. The highest BCUT2D eigenvalue weighted by molar-refractivity contribution is 6.03. The molecule has 1 amide bonds. The van der Waals surface area contributed by atoms with Gasteiger partial charge in [0.25, 0.3) is 5.91 Å². The number of aliphatic hydroxyl groups is 1. The fraction of sp³-hybridized carbons (Fsp3) is 0.154. The van der Waals surface area contributed by atoms with Gasteiger partial charge in [0.05, 0.1) is 29.5 Å². The number of hydrogen-bond donors (Lipinski definition) is 2. The number of benzene rings is 3. The molecule has 3 aromatic rings. The van der Waals surface area contributed by atoms with Crippen LogP contribution in [0.25, 0.3) is 6.08 Å². The standard InChI is InChI=1S/C26H23N3O4/c1-2-32-24-15-18(12-13-23(24)33-17-20-9-7-6-8-19(20)16-27)14-22-25(30)28-29(26(22)31)21-10-4-3-5-11-21/h3-15,26,31H,2,17H2,1H3,(H,28,30)/b22-14+. The number of carbonyl (C=O) groups excluding carboxylic acids is 1. The second kappa shape index (κ2) is 9.90. The second-order valence-corrected chi connectivity index (χ2v) is 7.32. The summed E-state index contributed by atoms with van der Waals surface area (Å²) in [6.07, 6.45) is 0.495. The smallest absolute Gasteiger partial charge is 0.270 e. The van der Waals surface area contributed by atoms with Crippen LogP contribution in [0.5, 0.6) is 11.5 Å².